The molecule has 35 heavy (non-hydrogen) atoms. The lowest BCUT2D eigenvalue weighted by Crippen LogP contribution is -2.41. The van der Waals surface area contributed by atoms with Crippen LogP contribution in [0.2, 0.25) is 0 Å². The molecule has 204 valence electrons. The predicted octanol–water partition coefficient (Wildman–Crippen LogP) is 7.46. The first-order valence-corrected chi connectivity index (χ1v) is 13.9. The molecule has 1 unspecified atom stereocenters. The Morgan fingerprint density at radius 2 is 1.17 bits per heavy atom. The summed E-state index contributed by atoms with van der Waals surface area (Å²) in [6.45, 7) is 26.7. The number of ether oxygens (including phenoxy) is 1. The maximum atomic E-state index is 6.29. The van der Waals surface area contributed by atoms with Crippen molar-refractivity contribution in [2.75, 3.05) is 13.2 Å². The molecule has 3 aliphatic heterocycles. The van der Waals surface area contributed by atoms with Gasteiger partial charge < -0.3 is 23.4 Å². The summed E-state index contributed by atoms with van der Waals surface area (Å²) in [6, 6.07) is 0. The van der Waals surface area contributed by atoms with E-state index in [0.717, 1.165) is 19.6 Å². The molecule has 0 N–H and O–H groups in total. The van der Waals surface area contributed by atoms with Crippen molar-refractivity contribution in [3.05, 3.63) is 11.0 Å². The molecule has 0 bridgehead atoms. The average molecular weight is 535 g/mol. The maximum absolute atomic E-state index is 6.29. The molecule has 3 heterocycles. The van der Waals surface area contributed by atoms with Gasteiger partial charge in [0.05, 0.1) is 27.7 Å². The number of allylic oxidation sites excluding steroid dienone is 1. The number of hydrogen-bond acceptors (Lipinski definition) is 5. The molecule has 3 fully saturated rings. The molecular weight excluding hydrogens is 485 g/mol. The van der Waals surface area contributed by atoms with E-state index >= 15 is 0 Å². The van der Waals surface area contributed by atoms with E-state index in [2.05, 4.69) is 27.7 Å². The molecule has 0 aromatic rings. The van der Waals surface area contributed by atoms with E-state index in [1.165, 1.54) is 12.8 Å². The second kappa shape index (κ2) is 13.4. The van der Waals surface area contributed by atoms with Crippen molar-refractivity contribution in [3.63, 3.8) is 0 Å². The largest absolute Gasteiger partial charge is 0.506 e. The van der Waals surface area contributed by atoms with Gasteiger partial charge in [0.15, 0.2) is 0 Å². The molecule has 0 amide bonds. The van der Waals surface area contributed by atoms with Crippen molar-refractivity contribution in [2.24, 2.45) is 11.8 Å². The van der Waals surface area contributed by atoms with Gasteiger partial charge in [-0.3, -0.25) is 0 Å². The summed E-state index contributed by atoms with van der Waals surface area (Å²) >= 11 is 12.4. The van der Waals surface area contributed by atoms with Crippen LogP contribution in [0.5, 0.6) is 0 Å². The first kappa shape index (κ1) is 33.3. The molecule has 0 spiro atoms. The Bertz CT molecular complexity index is 637. The Labute approximate surface area is 226 Å². The van der Waals surface area contributed by atoms with Crippen LogP contribution in [-0.2, 0) is 23.4 Å². The molecule has 3 saturated heterocycles. The first-order chi connectivity index (χ1) is 15.8. The molecule has 3 aliphatic rings. The molecule has 0 radical (unpaired) electrons. The van der Waals surface area contributed by atoms with Crippen molar-refractivity contribution in [1.29, 1.82) is 0 Å². The summed E-state index contributed by atoms with van der Waals surface area (Å²) < 4.78 is 28.3. The third-order valence-electron chi connectivity index (χ3n) is 7.06. The van der Waals surface area contributed by atoms with Crippen LogP contribution in [0.1, 0.15) is 102 Å². The molecule has 0 aromatic carbocycles. The Balaban J connectivity index is 0.000000292. The SMILES string of the molecule is C1CCOC1.CC(C)/C=C(/Cl)B1OC(C)(C)C(C)(C)O1.CC(C)CC(Cl)B1OC(C)(C)C(C)(C)O1. The lowest BCUT2D eigenvalue weighted by Gasteiger charge is -2.32. The predicted molar refractivity (Wildman–Crippen MR) is 150 cm³/mol. The summed E-state index contributed by atoms with van der Waals surface area (Å²) in [5.41, 5.74) is -1.19. The van der Waals surface area contributed by atoms with Gasteiger partial charge >= 0.3 is 14.2 Å². The zero-order valence-corrected chi connectivity index (χ0v) is 25.8. The Morgan fingerprint density at radius 3 is 1.49 bits per heavy atom. The number of alkyl halides is 1. The number of rotatable bonds is 5. The van der Waals surface area contributed by atoms with E-state index < -0.39 is 7.12 Å². The highest BCUT2D eigenvalue weighted by atomic mass is 35.5. The van der Waals surface area contributed by atoms with E-state index in [-0.39, 0.29) is 34.8 Å². The summed E-state index contributed by atoms with van der Waals surface area (Å²) in [7, 11) is -0.696. The van der Waals surface area contributed by atoms with Crippen LogP contribution >= 0.6 is 23.2 Å². The van der Waals surface area contributed by atoms with Gasteiger partial charge in [0, 0.05) is 18.1 Å². The second-order valence-electron chi connectivity index (χ2n) is 12.5. The van der Waals surface area contributed by atoms with E-state index in [0.29, 0.717) is 16.8 Å². The number of hydrogen-bond donors (Lipinski definition) is 0. The van der Waals surface area contributed by atoms with Crippen LogP contribution in [0.3, 0.4) is 0 Å². The van der Waals surface area contributed by atoms with E-state index in [1.807, 2.05) is 61.5 Å². The molecule has 3 rings (SSSR count). The molecule has 9 heteroatoms. The third kappa shape index (κ3) is 10.1. The molecule has 5 nitrogen and oxygen atoms in total. The van der Waals surface area contributed by atoms with Crippen LogP contribution in [-0.4, -0.2) is 55.1 Å². The molecule has 1 atom stereocenters. The third-order valence-corrected chi connectivity index (χ3v) is 7.75. The fourth-order valence-corrected chi connectivity index (χ4v) is 4.26. The van der Waals surface area contributed by atoms with Crippen molar-refractivity contribution in [3.8, 4) is 0 Å². The van der Waals surface area contributed by atoms with Crippen LogP contribution in [0, 0.1) is 11.8 Å². The van der Waals surface area contributed by atoms with Gasteiger partial charge in [-0.25, -0.2) is 0 Å². The van der Waals surface area contributed by atoms with Crippen LogP contribution < -0.4 is 0 Å². The molecule has 0 saturated carbocycles. The van der Waals surface area contributed by atoms with Gasteiger partial charge in [0.2, 0.25) is 0 Å². The average Bonchev–Trinajstić information content (AvgIpc) is 3.35. The maximum Gasteiger partial charge on any atom is 0.506 e. The van der Waals surface area contributed by atoms with Gasteiger partial charge in [0.25, 0.3) is 0 Å². The highest BCUT2D eigenvalue weighted by molar-refractivity contribution is 6.69. The smallest absolute Gasteiger partial charge is 0.402 e. The Morgan fingerprint density at radius 1 is 0.771 bits per heavy atom. The summed E-state index contributed by atoms with van der Waals surface area (Å²) in [5.74, 6) is 0.961. The van der Waals surface area contributed by atoms with Gasteiger partial charge in [0.1, 0.15) is 0 Å². The normalized spacial score (nSPS) is 25.3. The minimum absolute atomic E-state index is 0.0638. The van der Waals surface area contributed by atoms with Crippen molar-refractivity contribution in [1.82, 2.24) is 0 Å². The standard InChI is InChI=1S/C11H22BClO2.C11H20BClO2.C4H8O/c2*1-8(2)7-9(13)12-14-10(3,4)11(5,6)15-12;1-2-4-5-3-1/h8-9H,7H2,1-6H3;7-8H,1-6H3;1-4H2/b;9-7+;. The summed E-state index contributed by atoms with van der Waals surface area (Å²) in [6.07, 6.45) is 5.43. The molecule has 0 aliphatic carbocycles. The van der Waals surface area contributed by atoms with Crippen molar-refractivity contribution in [2.45, 2.75) is 130 Å². The fraction of sp³-hybridized carbons (Fsp3) is 0.923. The topological polar surface area (TPSA) is 46.2 Å². The minimum Gasteiger partial charge on any atom is -0.402 e. The molecular formula is C26H50B2Cl2O5. The second-order valence-corrected chi connectivity index (χ2v) is 13.5. The summed E-state index contributed by atoms with van der Waals surface area (Å²) in [5, 5.41) is -0.0638. The Kier molecular flexibility index (Phi) is 12.7. The summed E-state index contributed by atoms with van der Waals surface area (Å²) in [4.78, 5) is 0.642. The van der Waals surface area contributed by atoms with Crippen molar-refractivity contribution < 1.29 is 23.4 Å². The van der Waals surface area contributed by atoms with Crippen LogP contribution in [0.4, 0.5) is 0 Å². The van der Waals surface area contributed by atoms with Gasteiger partial charge in [-0.15, -0.1) is 11.6 Å². The minimum atomic E-state index is -0.418. The van der Waals surface area contributed by atoms with E-state index in [4.69, 9.17) is 46.6 Å². The van der Waals surface area contributed by atoms with E-state index in [9.17, 15) is 0 Å². The van der Waals surface area contributed by atoms with Gasteiger partial charge in [-0.05, 0) is 86.5 Å². The molecule has 0 aromatic heterocycles. The van der Waals surface area contributed by atoms with Gasteiger partial charge in [-0.2, -0.15) is 0 Å². The van der Waals surface area contributed by atoms with Crippen molar-refractivity contribution >= 4 is 37.4 Å². The Hall–Kier alpha value is 0.250. The van der Waals surface area contributed by atoms with Gasteiger partial charge in [-0.1, -0.05) is 45.4 Å². The highest BCUT2D eigenvalue weighted by Gasteiger charge is 2.54. The first-order valence-electron chi connectivity index (χ1n) is 13.1. The highest BCUT2D eigenvalue weighted by Crippen LogP contribution is 2.40. The lowest BCUT2D eigenvalue weighted by atomic mass is 9.80. The monoisotopic (exact) mass is 534 g/mol. The van der Waals surface area contributed by atoms with Crippen LogP contribution in [0.25, 0.3) is 0 Å². The van der Waals surface area contributed by atoms with Crippen LogP contribution in [0.15, 0.2) is 11.0 Å². The fourth-order valence-electron chi connectivity index (χ4n) is 3.46. The van der Waals surface area contributed by atoms with E-state index in [1.54, 1.807) is 0 Å². The zero-order chi connectivity index (χ0) is 27.2. The number of halogens is 2. The zero-order valence-electron chi connectivity index (χ0n) is 24.3. The quantitative estimate of drug-likeness (QED) is 0.270. The lowest BCUT2D eigenvalue weighted by molar-refractivity contribution is 0.00578.